The van der Waals surface area contributed by atoms with Crippen molar-refractivity contribution in [3.8, 4) is 0 Å². The highest BCUT2D eigenvalue weighted by Gasteiger charge is 2.31. The molecular formula is C15H22F3N3. The highest BCUT2D eigenvalue weighted by Crippen LogP contribution is 2.29. The molecule has 0 saturated carbocycles. The van der Waals surface area contributed by atoms with E-state index in [-0.39, 0.29) is 0 Å². The van der Waals surface area contributed by atoms with Gasteiger partial charge in [-0.2, -0.15) is 13.2 Å². The first-order valence-electron chi connectivity index (χ1n) is 7.49. The van der Waals surface area contributed by atoms with Gasteiger partial charge in [-0.3, -0.25) is 0 Å². The van der Waals surface area contributed by atoms with E-state index in [0.29, 0.717) is 11.7 Å². The van der Waals surface area contributed by atoms with Crippen molar-refractivity contribution < 1.29 is 13.2 Å². The van der Waals surface area contributed by atoms with Gasteiger partial charge in [0.1, 0.15) is 5.82 Å². The molecule has 1 aliphatic heterocycles. The highest BCUT2D eigenvalue weighted by molar-refractivity contribution is 5.39. The van der Waals surface area contributed by atoms with Crippen molar-refractivity contribution in [1.29, 1.82) is 0 Å². The van der Waals surface area contributed by atoms with Crippen LogP contribution in [0.1, 0.15) is 31.7 Å². The summed E-state index contributed by atoms with van der Waals surface area (Å²) in [6, 6.07) is 2.60. The third-order valence-corrected chi connectivity index (χ3v) is 3.77. The third kappa shape index (κ3) is 4.59. The first-order valence-corrected chi connectivity index (χ1v) is 7.49. The zero-order valence-electron chi connectivity index (χ0n) is 12.3. The molecule has 1 aliphatic rings. The highest BCUT2D eigenvalue weighted by atomic mass is 19.4. The van der Waals surface area contributed by atoms with Gasteiger partial charge in [-0.05, 0) is 50.4 Å². The molecule has 0 bridgehead atoms. The zero-order chi connectivity index (χ0) is 15.3. The quantitative estimate of drug-likeness (QED) is 0.904. The molecule has 0 aliphatic carbocycles. The SMILES string of the molecule is CCCN(CC1CCCNC1)c1ccc(C(F)(F)F)cn1. The summed E-state index contributed by atoms with van der Waals surface area (Å²) < 4.78 is 37.7. The Morgan fingerprint density at radius 1 is 1.38 bits per heavy atom. The van der Waals surface area contributed by atoms with Gasteiger partial charge in [0.2, 0.25) is 0 Å². The summed E-state index contributed by atoms with van der Waals surface area (Å²) in [4.78, 5) is 6.11. The van der Waals surface area contributed by atoms with Crippen molar-refractivity contribution >= 4 is 5.82 Å². The first-order chi connectivity index (χ1) is 10.0. The number of pyridine rings is 1. The number of piperidine rings is 1. The van der Waals surface area contributed by atoms with E-state index >= 15 is 0 Å². The maximum atomic E-state index is 12.6. The van der Waals surface area contributed by atoms with Crippen LogP contribution in [0.4, 0.5) is 19.0 Å². The molecule has 2 rings (SSSR count). The van der Waals surface area contributed by atoms with Gasteiger partial charge >= 0.3 is 6.18 Å². The maximum absolute atomic E-state index is 12.6. The molecular weight excluding hydrogens is 279 g/mol. The van der Waals surface area contributed by atoms with E-state index in [4.69, 9.17) is 0 Å². The van der Waals surface area contributed by atoms with Crippen molar-refractivity contribution in [1.82, 2.24) is 10.3 Å². The summed E-state index contributed by atoms with van der Waals surface area (Å²) in [5, 5.41) is 3.37. The number of rotatable bonds is 5. The summed E-state index contributed by atoms with van der Waals surface area (Å²) in [6.07, 6.45) is -0.132. The Hall–Kier alpha value is -1.30. The number of nitrogens with zero attached hydrogens (tertiary/aromatic N) is 2. The molecule has 3 nitrogen and oxygen atoms in total. The molecule has 118 valence electrons. The number of hydrogen-bond acceptors (Lipinski definition) is 3. The van der Waals surface area contributed by atoms with Gasteiger partial charge in [0, 0.05) is 19.3 Å². The number of anilines is 1. The van der Waals surface area contributed by atoms with Crippen molar-refractivity contribution in [2.45, 2.75) is 32.4 Å². The first kappa shape index (κ1) is 16.1. The van der Waals surface area contributed by atoms with E-state index in [1.165, 1.54) is 6.07 Å². The van der Waals surface area contributed by atoms with E-state index in [1.54, 1.807) is 0 Å². The molecule has 1 fully saturated rings. The Labute approximate surface area is 123 Å². The number of nitrogens with one attached hydrogen (secondary N) is 1. The van der Waals surface area contributed by atoms with Crippen molar-refractivity contribution in [2.75, 3.05) is 31.1 Å². The zero-order valence-corrected chi connectivity index (χ0v) is 12.3. The van der Waals surface area contributed by atoms with Gasteiger partial charge < -0.3 is 10.2 Å². The molecule has 0 amide bonds. The smallest absolute Gasteiger partial charge is 0.356 e. The second-order valence-electron chi connectivity index (χ2n) is 5.56. The lowest BCUT2D eigenvalue weighted by Crippen LogP contribution is -2.39. The van der Waals surface area contributed by atoms with Crippen molar-refractivity contribution in [3.63, 3.8) is 0 Å². The van der Waals surface area contributed by atoms with Crippen LogP contribution in [-0.2, 0) is 6.18 Å². The van der Waals surface area contributed by atoms with Crippen LogP contribution in [-0.4, -0.2) is 31.2 Å². The summed E-state index contributed by atoms with van der Waals surface area (Å²) in [5.74, 6) is 1.17. The van der Waals surface area contributed by atoms with Crippen LogP contribution >= 0.6 is 0 Å². The number of aromatic nitrogens is 1. The van der Waals surface area contributed by atoms with Gasteiger partial charge in [-0.25, -0.2) is 4.98 Å². The topological polar surface area (TPSA) is 28.2 Å². The molecule has 0 spiro atoms. The van der Waals surface area contributed by atoms with Crippen LogP contribution in [0.2, 0.25) is 0 Å². The van der Waals surface area contributed by atoms with Gasteiger partial charge in [0.05, 0.1) is 5.56 Å². The summed E-state index contributed by atoms with van der Waals surface area (Å²) >= 11 is 0. The van der Waals surface area contributed by atoms with Crippen LogP contribution < -0.4 is 10.2 Å². The van der Waals surface area contributed by atoms with Crippen LogP contribution in [0.15, 0.2) is 18.3 Å². The summed E-state index contributed by atoms with van der Waals surface area (Å²) in [7, 11) is 0. The van der Waals surface area contributed by atoms with E-state index < -0.39 is 11.7 Å². The molecule has 6 heteroatoms. The maximum Gasteiger partial charge on any atom is 0.417 e. The minimum absolute atomic E-state index is 0.536. The molecule has 1 N–H and O–H groups in total. The van der Waals surface area contributed by atoms with Crippen molar-refractivity contribution in [2.24, 2.45) is 5.92 Å². The fourth-order valence-corrected chi connectivity index (χ4v) is 2.70. The molecule has 21 heavy (non-hydrogen) atoms. The number of halogens is 3. The van der Waals surface area contributed by atoms with E-state index in [0.717, 1.165) is 57.7 Å². The molecule has 0 radical (unpaired) electrons. The Balaban J connectivity index is 2.06. The van der Waals surface area contributed by atoms with Crippen LogP contribution in [0.3, 0.4) is 0 Å². The number of hydrogen-bond donors (Lipinski definition) is 1. The largest absolute Gasteiger partial charge is 0.417 e. The lowest BCUT2D eigenvalue weighted by Gasteiger charge is -2.31. The Bertz CT molecular complexity index is 425. The van der Waals surface area contributed by atoms with Crippen molar-refractivity contribution in [3.05, 3.63) is 23.9 Å². The van der Waals surface area contributed by atoms with Crippen LogP contribution in [0, 0.1) is 5.92 Å². The lowest BCUT2D eigenvalue weighted by molar-refractivity contribution is -0.137. The van der Waals surface area contributed by atoms with Gasteiger partial charge in [-0.15, -0.1) is 0 Å². The predicted octanol–water partition coefficient (Wildman–Crippen LogP) is 3.32. The average molecular weight is 301 g/mol. The summed E-state index contributed by atoms with van der Waals surface area (Å²) in [5.41, 5.74) is -0.693. The second-order valence-corrected chi connectivity index (χ2v) is 5.56. The predicted molar refractivity (Wildman–Crippen MR) is 77.3 cm³/mol. The van der Waals surface area contributed by atoms with Crippen LogP contribution in [0.25, 0.3) is 0 Å². The summed E-state index contributed by atoms with van der Waals surface area (Å²) in [6.45, 7) is 5.76. The fraction of sp³-hybridized carbons (Fsp3) is 0.667. The minimum atomic E-state index is -4.32. The standard InChI is InChI=1S/C15H22F3N3/c1-2-8-21(11-12-4-3-7-19-9-12)14-6-5-13(10-20-14)15(16,17)18/h5-6,10,12,19H,2-4,7-9,11H2,1H3. The van der Waals surface area contributed by atoms with Gasteiger partial charge in [-0.1, -0.05) is 6.92 Å². The minimum Gasteiger partial charge on any atom is -0.356 e. The molecule has 1 aromatic rings. The Morgan fingerprint density at radius 3 is 2.71 bits per heavy atom. The van der Waals surface area contributed by atoms with Gasteiger partial charge in [0.25, 0.3) is 0 Å². The van der Waals surface area contributed by atoms with E-state index in [1.807, 2.05) is 0 Å². The van der Waals surface area contributed by atoms with E-state index in [9.17, 15) is 13.2 Å². The molecule has 1 unspecified atom stereocenters. The molecule has 1 aromatic heterocycles. The number of alkyl halides is 3. The van der Waals surface area contributed by atoms with Gasteiger partial charge in [0.15, 0.2) is 0 Å². The average Bonchev–Trinajstić information content (AvgIpc) is 2.47. The molecule has 0 aromatic carbocycles. The molecule has 1 atom stereocenters. The normalized spacial score (nSPS) is 19.5. The molecule has 1 saturated heterocycles. The van der Waals surface area contributed by atoms with Crippen LogP contribution in [0.5, 0.6) is 0 Å². The fourth-order valence-electron chi connectivity index (χ4n) is 2.70. The second kappa shape index (κ2) is 7.11. The third-order valence-electron chi connectivity index (χ3n) is 3.77. The molecule has 2 heterocycles. The Morgan fingerprint density at radius 2 is 2.19 bits per heavy atom. The lowest BCUT2D eigenvalue weighted by atomic mass is 9.99. The van der Waals surface area contributed by atoms with E-state index in [2.05, 4.69) is 22.1 Å². The Kier molecular flexibility index (Phi) is 5.45. The monoisotopic (exact) mass is 301 g/mol.